The molecule has 82 valence electrons. The van der Waals surface area contributed by atoms with E-state index in [0.717, 1.165) is 5.06 Å². The summed E-state index contributed by atoms with van der Waals surface area (Å²) >= 11 is 3.03. The topological polar surface area (TPSA) is 29.5 Å². The normalized spacial score (nSPS) is 10.2. The van der Waals surface area contributed by atoms with Gasteiger partial charge in [0.2, 0.25) is 0 Å². The minimum absolute atomic E-state index is 0.155. The van der Waals surface area contributed by atoms with Crippen molar-refractivity contribution in [2.24, 2.45) is 0 Å². The van der Waals surface area contributed by atoms with Crippen molar-refractivity contribution >= 4 is 21.8 Å². The molecule has 1 aromatic carbocycles. The number of aryl methyl sites for hydroxylation is 1. The van der Waals surface area contributed by atoms with Crippen LogP contribution < -0.4 is 0 Å². The van der Waals surface area contributed by atoms with Gasteiger partial charge in [0, 0.05) is 7.05 Å². The van der Waals surface area contributed by atoms with Gasteiger partial charge in [-0.15, -0.1) is 0 Å². The quantitative estimate of drug-likeness (QED) is 0.777. The van der Waals surface area contributed by atoms with E-state index in [4.69, 9.17) is 4.84 Å². The average molecular weight is 276 g/mol. The molecule has 0 aliphatic heterocycles. The van der Waals surface area contributed by atoms with Crippen LogP contribution in [0.15, 0.2) is 16.6 Å². The summed E-state index contributed by atoms with van der Waals surface area (Å²) in [6.45, 7) is 1.72. The van der Waals surface area contributed by atoms with Gasteiger partial charge >= 0.3 is 0 Å². The Labute approximate surface area is 95.9 Å². The van der Waals surface area contributed by atoms with Crippen LogP contribution in [0.2, 0.25) is 0 Å². The van der Waals surface area contributed by atoms with Crippen molar-refractivity contribution in [3.05, 3.63) is 33.5 Å². The zero-order valence-corrected chi connectivity index (χ0v) is 10.3. The smallest absolute Gasteiger partial charge is 0.274 e. The summed E-state index contributed by atoms with van der Waals surface area (Å²) in [6, 6.07) is 2.96. The molecule has 0 fully saturated rings. The highest BCUT2D eigenvalue weighted by Gasteiger charge is 2.17. The molecule has 0 saturated heterocycles. The lowest BCUT2D eigenvalue weighted by atomic mass is 10.1. The molecule has 0 N–H and O–H groups in total. The minimum Gasteiger partial charge on any atom is -0.274 e. The molecule has 0 bridgehead atoms. The van der Waals surface area contributed by atoms with Gasteiger partial charge in [0.25, 0.3) is 5.91 Å². The van der Waals surface area contributed by atoms with E-state index in [1.807, 2.05) is 0 Å². The monoisotopic (exact) mass is 275 g/mol. The Morgan fingerprint density at radius 3 is 2.67 bits per heavy atom. The first-order valence-electron chi connectivity index (χ1n) is 4.25. The Balaban J connectivity index is 3.19. The Morgan fingerprint density at radius 2 is 2.13 bits per heavy atom. The molecule has 5 heteroatoms. The third-order valence-electron chi connectivity index (χ3n) is 1.96. The molecule has 0 aliphatic rings. The van der Waals surface area contributed by atoms with Gasteiger partial charge in [-0.3, -0.25) is 9.63 Å². The summed E-state index contributed by atoms with van der Waals surface area (Å²) in [4.78, 5) is 16.4. The molecule has 0 aliphatic carbocycles. The van der Waals surface area contributed by atoms with Crippen molar-refractivity contribution in [2.75, 3.05) is 14.2 Å². The van der Waals surface area contributed by atoms with E-state index < -0.39 is 11.7 Å². The van der Waals surface area contributed by atoms with Crippen LogP contribution in [-0.2, 0) is 4.84 Å². The third-order valence-corrected chi connectivity index (χ3v) is 2.77. The molecule has 0 atom stereocenters. The van der Waals surface area contributed by atoms with Gasteiger partial charge in [-0.05, 0) is 40.5 Å². The molecule has 0 aromatic heterocycles. The van der Waals surface area contributed by atoms with Gasteiger partial charge in [0.15, 0.2) is 0 Å². The van der Waals surface area contributed by atoms with E-state index in [1.54, 1.807) is 13.0 Å². The number of hydrogen-bond donors (Lipinski definition) is 0. The molecule has 0 heterocycles. The number of hydroxylamine groups is 2. The molecular weight excluding hydrogens is 265 g/mol. The Bertz CT molecular complexity index is 395. The molecule has 3 nitrogen and oxygen atoms in total. The Hall–Kier alpha value is -0.940. The number of halogens is 2. The summed E-state index contributed by atoms with van der Waals surface area (Å²) in [5, 5.41) is 1.04. The van der Waals surface area contributed by atoms with Crippen LogP contribution >= 0.6 is 15.9 Å². The van der Waals surface area contributed by atoms with Crippen molar-refractivity contribution in [1.82, 2.24) is 5.06 Å². The lowest BCUT2D eigenvalue weighted by Crippen LogP contribution is -2.26. The predicted molar refractivity (Wildman–Crippen MR) is 57.9 cm³/mol. The van der Waals surface area contributed by atoms with Crippen molar-refractivity contribution in [3.63, 3.8) is 0 Å². The molecule has 1 aromatic rings. The van der Waals surface area contributed by atoms with E-state index in [2.05, 4.69) is 15.9 Å². The van der Waals surface area contributed by atoms with Crippen molar-refractivity contribution < 1.29 is 14.0 Å². The van der Waals surface area contributed by atoms with E-state index in [1.165, 1.54) is 20.2 Å². The molecule has 0 spiro atoms. The summed E-state index contributed by atoms with van der Waals surface area (Å²) < 4.78 is 13.5. The van der Waals surface area contributed by atoms with Gasteiger partial charge < -0.3 is 0 Å². The Morgan fingerprint density at radius 1 is 1.53 bits per heavy atom. The number of benzene rings is 1. The maximum atomic E-state index is 13.3. The first kappa shape index (κ1) is 12.1. The largest absolute Gasteiger partial charge is 0.278 e. The number of nitrogens with zero attached hydrogens (tertiary/aromatic N) is 1. The first-order chi connectivity index (χ1) is 6.97. The number of hydrogen-bond acceptors (Lipinski definition) is 2. The second kappa shape index (κ2) is 4.72. The van der Waals surface area contributed by atoms with Crippen LogP contribution in [-0.4, -0.2) is 25.1 Å². The highest BCUT2D eigenvalue weighted by Crippen LogP contribution is 2.23. The molecule has 1 amide bonds. The summed E-state index contributed by atoms with van der Waals surface area (Å²) in [5.74, 6) is -0.852. The van der Waals surface area contributed by atoms with Crippen molar-refractivity contribution in [3.8, 4) is 0 Å². The van der Waals surface area contributed by atoms with E-state index >= 15 is 0 Å². The van der Waals surface area contributed by atoms with Gasteiger partial charge in [0.1, 0.15) is 5.82 Å². The summed E-state index contributed by atoms with van der Waals surface area (Å²) in [6.07, 6.45) is 0. The second-order valence-corrected chi connectivity index (χ2v) is 3.89. The van der Waals surface area contributed by atoms with Crippen molar-refractivity contribution in [1.29, 1.82) is 0 Å². The number of carbonyl (C=O) groups excluding carboxylic acids is 1. The lowest BCUT2D eigenvalue weighted by Gasteiger charge is -2.15. The second-order valence-electron chi connectivity index (χ2n) is 3.09. The summed E-state index contributed by atoms with van der Waals surface area (Å²) in [5.41, 5.74) is 0.931. The number of amides is 1. The summed E-state index contributed by atoms with van der Waals surface area (Å²) in [7, 11) is 2.84. The van der Waals surface area contributed by atoms with Gasteiger partial charge in [-0.1, -0.05) is 0 Å². The van der Waals surface area contributed by atoms with Crippen LogP contribution in [0.4, 0.5) is 4.39 Å². The fourth-order valence-electron chi connectivity index (χ4n) is 1.13. The highest BCUT2D eigenvalue weighted by molar-refractivity contribution is 9.10. The Kier molecular flexibility index (Phi) is 3.82. The van der Waals surface area contributed by atoms with Crippen LogP contribution in [0.25, 0.3) is 0 Å². The van der Waals surface area contributed by atoms with Crippen LogP contribution in [0.3, 0.4) is 0 Å². The third kappa shape index (κ3) is 2.54. The highest BCUT2D eigenvalue weighted by atomic mass is 79.9. The molecule has 0 radical (unpaired) electrons. The molecule has 0 unspecified atom stereocenters. The standard InChI is InChI=1S/C10H11BrFNO2/c1-6-4-7(9(11)8(12)5-6)10(14)13(2)15-3/h4-5H,1-3H3. The van der Waals surface area contributed by atoms with Crippen molar-refractivity contribution in [2.45, 2.75) is 6.92 Å². The molecular formula is C10H11BrFNO2. The lowest BCUT2D eigenvalue weighted by molar-refractivity contribution is -0.0757. The van der Waals surface area contributed by atoms with E-state index in [0.29, 0.717) is 5.56 Å². The maximum absolute atomic E-state index is 13.3. The van der Waals surface area contributed by atoms with Gasteiger partial charge in [-0.2, -0.15) is 0 Å². The molecule has 1 rings (SSSR count). The number of carbonyl (C=O) groups is 1. The fraction of sp³-hybridized carbons (Fsp3) is 0.300. The van der Waals surface area contributed by atoms with Gasteiger partial charge in [0.05, 0.1) is 17.1 Å². The van der Waals surface area contributed by atoms with Crippen LogP contribution in [0.5, 0.6) is 0 Å². The minimum atomic E-state index is -0.456. The average Bonchev–Trinajstić information content (AvgIpc) is 2.21. The molecule has 15 heavy (non-hydrogen) atoms. The SMILES string of the molecule is CON(C)C(=O)c1cc(C)cc(F)c1Br. The number of rotatable bonds is 2. The fourth-order valence-corrected chi connectivity index (χ4v) is 1.53. The zero-order chi connectivity index (χ0) is 11.6. The predicted octanol–water partition coefficient (Wildman–Crippen LogP) is 2.53. The van der Waals surface area contributed by atoms with E-state index in [9.17, 15) is 9.18 Å². The first-order valence-corrected chi connectivity index (χ1v) is 5.04. The molecule has 0 saturated carbocycles. The van der Waals surface area contributed by atoms with Gasteiger partial charge in [-0.25, -0.2) is 9.45 Å². The van der Waals surface area contributed by atoms with Crippen LogP contribution in [0, 0.1) is 12.7 Å². The van der Waals surface area contributed by atoms with Crippen LogP contribution in [0.1, 0.15) is 15.9 Å². The van der Waals surface area contributed by atoms with E-state index in [-0.39, 0.29) is 10.0 Å². The maximum Gasteiger partial charge on any atom is 0.278 e. The zero-order valence-electron chi connectivity index (χ0n) is 8.67.